The molecule has 0 radical (unpaired) electrons. The molecule has 1 aromatic heterocycles. The number of carbonyl (C=O) groups is 1. The molecule has 3 rings (SSSR count). The zero-order valence-corrected chi connectivity index (χ0v) is 13.8. The van der Waals surface area contributed by atoms with Gasteiger partial charge in [-0.25, -0.2) is 4.98 Å². The van der Waals surface area contributed by atoms with Gasteiger partial charge in [0.25, 0.3) is 5.91 Å². The van der Waals surface area contributed by atoms with Gasteiger partial charge in [-0.15, -0.1) is 11.3 Å². The van der Waals surface area contributed by atoms with Gasteiger partial charge in [-0.3, -0.25) is 4.79 Å². The lowest BCUT2D eigenvalue weighted by Gasteiger charge is -2.22. The fraction of sp³-hybridized carbons (Fsp3) is 0.412. The van der Waals surface area contributed by atoms with Crippen LogP contribution in [0.1, 0.15) is 32.1 Å². The van der Waals surface area contributed by atoms with Gasteiger partial charge in [-0.1, -0.05) is 19.3 Å². The molecule has 1 heterocycles. The van der Waals surface area contributed by atoms with E-state index in [-0.39, 0.29) is 12.5 Å². The fourth-order valence-corrected chi connectivity index (χ4v) is 3.42. The first kappa shape index (κ1) is 15.8. The molecule has 0 saturated heterocycles. The number of nitrogens with one attached hydrogen (secondary N) is 1. The number of nitrogens with zero attached hydrogens (tertiary/aromatic N) is 1. The molecule has 6 heteroatoms. The molecule has 0 aliphatic heterocycles. The Balaban J connectivity index is 1.54. The maximum atomic E-state index is 12.0. The van der Waals surface area contributed by atoms with E-state index in [1.807, 2.05) is 17.5 Å². The van der Waals surface area contributed by atoms with Gasteiger partial charge in [0.1, 0.15) is 5.75 Å². The highest BCUT2D eigenvalue weighted by molar-refractivity contribution is 7.07. The standard InChI is InChI=1S/C17H21N3O2S/c18-14-8-12(15-10-23-11-19-15)6-7-16(14)22-9-17(21)20-13-4-2-1-3-5-13/h6-8,10-11,13H,1-5,9,18H2,(H,20,21). The maximum absolute atomic E-state index is 12.0. The molecule has 23 heavy (non-hydrogen) atoms. The van der Waals surface area contributed by atoms with Crippen molar-refractivity contribution >= 4 is 22.9 Å². The van der Waals surface area contributed by atoms with Crippen molar-refractivity contribution in [2.75, 3.05) is 12.3 Å². The minimum atomic E-state index is -0.0834. The van der Waals surface area contributed by atoms with E-state index in [0.29, 0.717) is 17.5 Å². The number of ether oxygens (including phenoxy) is 1. The number of carbonyl (C=O) groups excluding carboxylic acids is 1. The summed E-state index contributed by atoms with van der Waals surface area (Å²) < 4.78 is 5.56. The van der Waals surface area contributed by atoms with E-state index < -0.39 is 0 Å². The lowest BCUT2D eigenvalue weighted by Crippen LogP contribution is -2.39. The Morgan fingerprint density at radius 3 is 2.87 bits per heavy atom. The number of thiazole rings is 1. The van der Waals surface area contributed by atoms with Crippen LogP contribution in [0.25, 0.3) is 11.3 Å². The van der Waals surface area contributed by atoms with Crippen LogP contribution in [0.15, 0.2) is 29.1 Å². The van der Waals surface area contributed by atoms with Gasteiger partial charge in [0.2, 0.25) is 0 Å². The third-order valence-corrected chi connectivity index (χ3v) is 4.65. The third-order valence-electron chi connectivity index (χ3n) is 4.07. The molecule has 122 valence electrons. The molecule has 1 aliphatic carbocycles. The van der Waals surface area contributed by atoms with E-state index in [2.05, 4.69) is 10.3 Å². The summed E-state index contributed by atoms with van der Waals surface area (Å²) in [7, 11) is 0. The molecule has 2 aromatic rings. The Morgan fingerprint density at radius 2 is 2.17 bits per heavy atom. The number of rotatable bonds is 5. The Morgan fingerprint density at radius 1 is 1.35 bits per heavy atom. The fourth-order valence-electron chi connectivity index (χ4n) is 2.85. The molecular weight excluding hydrogens is 310 g/mol. The second-order valence-electron chi connectivity index (χ2n) is 5.82. The van der Waals surface area contributed by atoms with Crippen molar-refractivity contribution < 1.29 is 9.53 Å². The van der Waals surface area contributed by atoms with Crippen molar-refractivity contribution in [3.05, 3.63) is 29.1 Å². The number of benzene rings is 1. The molecular formula is C17H21N3O2S. The lowest BCUT2D eigenvalue weighted by atomic mass is 9.95. The van der Waals surface area contributed by atoms with Crippen LogP contribution in [0.4, 0.5) is 5.69 Å². The number of hydrogen-bond donors (Lipinski definition) is 2. The first-order chi connectivity index (χ1) is 11.2. The monoisotopic (exact) mass is 331 g/mol. The van der Waals surface area contributed by atoms with E-state index in [0.717, 1.165) is 24.1 Å². The normalized spacial score (nSPS) is 15.3. The summed E-state index contributed by atoms with van der Waals surface area (Å²) in [6, 6.07) is 5.81. The van der Waals surface area contributed by atoms with Crippen molar-refractivity contribution in [2.45, 2.75) is 38.1 Å². The Labute approximate surface area is 139 Å². The molecule has 0 atom stereocenters. The highest BCUT2D eigenvalue weighted by Crippen LogP contribution is 2.28. The van der Waals surface area contributed by atoms with Crippen molar-refractivity contribution in [1.29, 1.82) is 0 Å². The predicted octanol–water partition coefficient (Wildman–Crippen LogP) is 3.22. The molecule has 1 aromatic carbocycles. The van der Waals surface area contributed by atoms with Crippen LogP contribution >= 0.6 is 11.3 Å². The first-order valence-electron chi connectivity index (χ1n) is 7.92. The maximum Gasteiger partial charge on any atom is 0.258 e. The van der Waals surface area contributed by atoms with E-state index >= 15 is 0 Å². The minimum Gasteiger partial charge on any atom is -0.482 e. The molecule has 1 saturated carbocycles. The SMILES string of the molecule is Nc1cc(-c2cscn2)ccc1OCC(=O)NC1CCCCC1. The topological polar surface area (TPSA) is 77.2 Å². The van der Waals surface area contributed by atoms with Crippen LogP contribution in [0.2, 0.25) is 0 Å². The molecule has 3 N–H and O–H groups in total. The van der Waals surface area contributed by atoms with E-state index in [9.17, 15) is 4.79 Å². The average Bonchev–Trinajstić information content (AvgIpc) is 3.09. The van der Waals surface area contributed by atoms with Crippen LogP contribution in [0.5, 0.6) is 5.75 Å². The molecule has 5 nitrogen and oxygen atoms in total. The Kier molecular flexibility index (Phi) is 5.12. The molecule has 1 aliphatic rings. The number of hydrogen-bond acceptors (Lipinski definition) is 5. The van der Waals surface area contributed by atoms with Gasteiger partial charge >= 0.3 is 0 Å². The van der Waals surface area contributed by atoms with Crippen molar-refractivity contribution in [1.82, 2.24) is 10.3 Å². The minimum absolute atomic E-state index is 0.00323. The number of nitrogen functional groups attached to an aromatic ring is 1. The van der Waals surface area contributed by atoms with E-state index in [4.69, 9.17) is 10.5 Å². The second-order valence-corrected chi connectivity index (χ2v) is 6.54. The summed E-state index contributed by atoms with van der Waals surface area (Å²) in [5.41, 5.74) is 10.2. The molecule has 1 amide bonds. The Hall–Kier alpha value is -2.08. The highest BCUT2D eigenvalue weighted by Gasteiger charge is 2.16. The zero-order valence-electron chi connectivity index (χ0n) is 13.0. The van der Waals surface area contributed by atoms with E-state index in [1.165, 1.54) is 30.6 Å². The van der Waals surface area contributed by atoms with Crippen LogP contribution in [-0.2, 0) is 4.79 Å². The summed E-state index contributed by atoms with van der Waals surface area (Å²) in [6.45, 7) is -0.00323. The largest absolute Gasteiger partial charge is 0.482 e. The summed E-state index contributed by atoms with van der Waals surface area (Å²) in [4.78, 5) is 16.2. The zero-order chi connectivity index (χ0) is 16.1. The predicted molar refractivity (Wildman–Crippen MR) is 92.5 cm³/mol. The van der Waals surface area contributed by atoms with Crippen LogP contribution < -0.4 is 15.8 Å². The van der Waals surface area contributed by atoms with Crippen LogP contribution in [0.3, 0.4) is 0 Å². The smallest absolute Gasteiger partial charge is 0.258 e. The quantitative estimate of drug-likeness (QED) is 0.825. The van der Waals surface area contributed by atoms with E-state index in [1.54, 1.807) is 11.6 Å². The summed E-state index contributed by atoms with van der Waals surface area (Å²) in [5, 5.41) is 4.99. The number of aromatic nitrogens is 1. The molecule has 1 fully saturated rings. The van der Waals surface area contributed by atoms with Gasteiger partial charge < -0.3 is 15.8 Å². The van der Waals surface area contributed by atoms with Gasteiger partial charge in [0.15, 0.2) is 6.61 Å². The second kappa shape index (κ2) is 7.46. The van der Waals surface area contributed by atoms with Crippen LogP contribution in [-0.4, -0.2) is 23.5 Å². The number of nitrogens with two attached hydrogens (primary N) is 1. The number of anilines is 1. The summed E-state index contributed by atoms with van der Waals surface area (Å²) in [6.07, 6.45) is 5.78. The van der Waals surface area contributed by atoms with Gasteiger partial charge in [-0.2, -0.15) is 0 Å². The molecule has 0 bridgehead atoms. The van der Waals surface area contributed by atoms with Gasteiger partial charge in [-0.05, 0) is 31.0 Å². The third kappa shape index (κ3) is 4.22. The summed E-state index contributed by atoms with van der Waals surface area (Å²) >= 11 is 1.54. The Bertz CT molecular complexity index is 652. The van der Waals surface area contributed by atoms with Crippen molar-refractivity contribution in [3.63, 3.8) is 0 Å². The van der Waals surface area contributed by atoms with Crippen LogP contribution in [0, 0.1) is 0 Å². The van der Waals surface area contributed by atoms with Crippen molar-refractivity contribution in [3.8, 4) is 17.0 Å². The van der Waals surface area contributed by atoms with Gasteiger partial charge in [0, 0.05) is 17.0 Å². The van der Waals surface area contributed by atoms with Crippen molar-refractivity contribution in [2.24, 2.45) is 0 Å². The summed E-state index contributed by atoms with van der Waals surface area (Å²) in [5.74, 6) is 0.447. The lowest BCUT2D eigenvalue weighted by molar-refractivity contribution is -0.124. The average molecular weight is 331 g/mol. The first-order valence-corrected chi connectivity index (χ1v) is 8.87. The number of amides is 1. The molecule has 0 spiro atoms. The molecule has 0 unspecified atom stereocenters. The van der Waals surface area contributed by atoms with Gasteiger partial charge in [0.05, 0.1) is 16.9 Å². The highest BCUT2D eigenvalue weighted by atomic mass is 32.1.